The van der Waals surface area contributed by atoms with Crippen molar-refractivity contribution in [3.63, 3.8) is 0 Å². The van der Waals surface area contributed by atoms with Gasteiger partial charge in [-0.25, -0.2) is 0 Å². The van der Waals surface area contributed by atoms with Crippen LogP contribution in [0.15, 0.2) is 4.99 Å². The maximum Gasteiger partial charge on any atom is 0.191 e. The summed E-state index contributed by atoms with van der Waals surface area (Å²) in [4.78, 5) is 4.62. The molecule has 23 heavy (non-hydrogen) atoms. The van der Waals surface area contributed by atoms with E-state index in [1.165, 1.54) is 25.7 Å². The van der Waals surface area contributed by atoms with Gasteiger partial charge in [0.25, 0.3) is 0 Å². The van der Waals surface area contributed by atoms with Gasteiger partial charge in [-0.15, -0.1) is 0 Å². The van der Waals surface area contributed by atoms with Crippen molar-refractivity contribution in [3.05, 3.63) is 0 Å². The fraction of sp³-hybridized carbons (Fsp3) is 0.944. The molecule has 1 saturated carbocycles. The number of hydrogen-bond donors (Lipinski definition) is 2. The van der Waals surface area contributed by atoms with Crippen LogP contribution in [-0.4, -0.2) is 39.8 Å². The fourth-order valence-corrected chi connectivity index (χ4v) is 3.86. The number of hydrogen-bond acceptors (Lipinski definition) is 2. The van der Waals surface area contributed by atoms with Gasteiger partial charge in [0.15, 0.2) is 5.96 Å². The Labute approximate surface area is 145 Å². The van der Waals surface area contributed by atoms with Crippen molar-refractivity contribution in [1.29, 1.82) is 0 Å². The van der Waals surface area contributed by atoms with Crippen LogP contribution in [-0.2, 0) is 10.8 Å². The van der Waals surface area contributed by atoms with Crippen molar-refractivity contribution in [3.8, 4) is 0 Å². The third kappa shape index (κ3) is 7.69. The third-order valence-electron chi connectivity index (χ3n) is 4.63. The topological polar surface area (TPSA) is 53.5 Å². The van der Waals surface area contributed by atoms with Crippen LogP contribution in [0.4, 0.5) is 0 Å². The molecule has 136 valence electrons. The summed E-state index contributed by atoms with van der Waals surface area (Å²) in [6.07, 6.45) is 5.06. The van der Waals surface area contributed by atoms with Gasteiger partial charge in [0.2, 0.25) is 0 Å². The highest BCUT2D eigenvalue weighted by Crippen LogP contribution is 2.29. The SMILES string of the molecule is CCNC(=NCCS(=O)C(C)(C)C)NC1CCC(C(C)C)CC1. The predicted octanol–water partition coefficient (Wildman–Crippen LogP) is 3.30. The van der Waals surface area contributed by atoms with Gasteiger partial charge >= 0.3 is 0 Å². The van der Waals surface area contributed by atoms with Crippen LogP contribution in [0.5, 0.6) is 0 Å². The van der Waals surface area contributed by atoms with Crippen molar-refractivity contribution in [2.24, 2.45) is 16.8 Å². The summed E-state index contributed by atoms with van der Waals surface area (Å²) < 4.78 is 11.9. The molecule has 2 N–H and O–H groups in total. The quantitative estimate of drug-likeness (QED) is 0.575. The maximum atomic E-state index is 12.1. The Hall–Kier alpha value is -0.580. The minimum atomic E-state index is -0.837. The van der Waals surface area contributed by atoms with Crippen LogP contribution in [0.25, 0.3) is 0 Å². The zero-order valence-electron chi connectivity index (χ0n) is 15.9. The Bertz CT molecular complexity index is 394. The van der Waals surface area contributed by atoms with Gasteiger partial charge in [0, 0.05) is 33.9 Å². The van der Waals surface area contributed by atoms with E-state index < -0.39 is 10.8 Å². The van der Waals surface area contributed by atoms with Crippen LogP contribution in [0, 0.1) is 11.8 Å². The first-order valence-electron chi connectivity index (χ1n) is 9.17. The lowest BCUT2D eigenvalue weighted by molar-refractivity contribution is 0.250. The molecule has 0 radical (unpaired) electrons. The zero-order chi connectivity index (χ0) is 17.5. The number of aliphatic imine (C=N–C) groups is 1. The van der Waals surface area contributed by atoms with Gasteiger partial charge in [0.1, 0.15) is 0 Å². The molecule has 0 aromatic heterocycles. The second-order valence-corrected chi connectivity index (χ2v) is 10.2. The molecule has 0 heterocycles. The zero-order valence-corrected chi connectivity index (χ0v) is 16.8. The number of rotatable bonds is 6. The Kier molecular flexibility index (Phi) is 8.59. The molecule has 1 aliphatic carbocycles. The Morgan fingerprint density at radius 2 is 1.83 bits per heavy atom. The monoisotopic (exact) mass is 343 g/mol. The van der Waals surface area contributed by atoms with Crippen LogP contribution in [0.1, 0.15) is 67.2 Å². The second kappa shape index (κ2) is 9.65. The highest BCUT2D eigenvalue weighted by molar-refractivity contribution is 7.86. The minimum Gasteiger partial charge on any atom is -0.357 e. The molecule has 0 bridgehead atoms. The van der Waals surface area contributed by atoms with E-state index in [9.17, 15) is 4.21 Å². The van der Waals surface area contributed by atoms with Gasteiger partial charge in [-0.1, -0.05) is 13.8 Å². The Balaban J connectivity index is 2.46. The van der Waals surface area contributed by atoms with E-state index in [1.807, 2.05) is 20.8 Å². The first kappa shape index (κ1) is 20.5. The summed E-state index contributed by atoms with van der Waals surface area (Å²) in [5.41, 5.74) is 0. The Morgan fingerprint density at radius 3 is 2.30 bits per heavy atom. The van der Waals surface area contributed by atoms with Gasteiger partial charge in [-0.3, -0.25) is 9.20 Å². The van der Waals surface area contributed by atoms with E-state index >= 15 is 0 Å². The second-order valence-electron chi connectivity index (χ2n) is 7.92. The van der Waals surface area contributed by atoms with Crippen molar-refractivity contribution in [2.75, 3.05) is 18.8 Å². The lowest BCUT2D eigenvalue weighted by Gasteiger charge is -2.32. The highest BCUT2D eigenvalue weighted by Gasteiger charge is 2.23. The molecule has 0 amide bonds. The smallest absolute Gasteiger partial charge is 0.191 e. The number of nitrogens with zero attached hydrogens (tertiary/aromatic N) is 1. The molecular formula is C18H37N3OS. The van der Waals surface area contributed by atoms with E-state index in [0.717, 1.165) is 24.3 Å². The molecule has 1 fully saturated rings. The summed E-state index contributed by atoms with van der Waals surface area (Å²) in [6.45, 7) is 14.3. The molecule has 1 rings (SSSR count). The van der Waals surface area contributed by atoms with Crippen molar-refractivity contribution in [2.45, 2.75) is 78.0 Å². The third-order valence-corrected chi connectivity index (χ3v) is 6.55. The van der Waals surface area contributed by atoms with Gasteiger partial charge in [0.05, 0.1) is 6.54 Å². The first-order valence-corrected chi connectivity index (χ1v) is 10.5. The molecule has 0 aromatic carbocycles. The van der Waals surface area contributed by atoms with Crippen molar-refractivity contribution in [1.82, 2.24) is 10.6 Å². The van der Waals surface area contributed by atoms with Crippen LogP contribution in [0.3, 0.4) is 0 Å². The summed E-state index contributed by atoms with van der Waals surface area (Å²) >= 11 is 0. The molecular weight excluding hydrogens is 306 g/mol. The fourth-order valence-electron chi connectivity index (χ4n) is 2.99. The maximum absolute atomic E-state index is 12.1. The largest absolute Gasteiger partial charge is 0.357 e. The van der Waals surface area contributed by atoms with Gasteiger partial charge in [-0.05, 0) is 65.2 Å². The van der Waals surface area contributed by atoms with Crippen LogP contribution < -0.4 is 10.6 Å². The van der Waals surface area contributed by atoms with E-state index in [2.05, 4.69) is 36.4 Å². The van der Waals surface area contributed by atoms with E-state index in [1.54, 1.807) is 0 Å². The molecule has 1 unspecified atom stereocenters. The minimum absolute atomic E-state index is 0.156. The first-order chi connectivity index (χ1) is 10.7. The van der Waals surface area contributed by atoms with E-state index in [-0.39, 0.29) is 4.75 Å². The molecule has 1 aliphatic rings. The summed E-state index contributed by atoms with van der Waals surface area (Å²) in [5, 5.41) is 6.89. The molecule has 4 nitrogen and oxygen atoms in total. The molecule has 0 aliphatic heterocycles. The molecule has 5 heteroatoms. The van der Waals surface area contributed by atoms with E-state index in [4.69, 9.17) is 0 Å². The van der Waals surface area contributed by atoms with Gasteiger partial charge < -0.3 is 10.6 Å². The highest BCUT2D eigenvalue weighted by atomic mass is 32.2. The molecule has 0 saturated heterocycles. The Morgan fingerprint density at radius 1 is 1.22 bits per heavy atom. The summed E-state index contributed by atoms with van der Waals surface area (Å²) in [5.74, 6) is 3.18. The predicted molar refractivity (Wildman–Crippen MR) is 102 cm³/mol. The van der Waals surface area contributed by atoms with Crippen LogP contribution in [0.2, 0.25) is 0 Å². The average Bonchev–Trinajstić information content (AvgIpc) is 2.46. The number of guanidine groups is 1. The van der Waals surface area contributed by atoms with Crippen molar-refractivity contribution < 1.29 is 4.21 Å². The standard InChI is InChI=1S/C18H37N3OS/c1-7-19-17(20-12-13-23(22)18(4,5)6)21-16-10-8-15(9-11-16)14(2)3/h14-16H,7-13H2,1-6H3,(H2,19,20,21). The normalized spacial score (nSPS) is 24.6. The molecule has 1 atom stereocenters. The summed E-state index contributed by atoms with van der Waals surface area (Å²) in [7, 11) is -0.837. The van der Waals surface area contributed by atoms with Gasteiger partial charge in [-0.2, -0.15) is 0 Å². The lowest BCUT2D eigenvalue weighted by Crippen LogP contribution is -2.45. The van der Waals surface area contributed by atoms with E-state index in [0.29, 0.717) is 18.3 Å². The molecule has 0 aromatic rings. The number of nitrogens with one attached hydrogen (secondary N) is 2. The van der Waals surface area contributed by atoms with Crippen LogP contribution >= 0.6 is 0 Å². The average molecular weight is 344 g/mol. The molecule has 0 spiro atoms. The lowest BCUT2D eigenvalue weighted by atomic mass is 9.80. The van der Waals surface area contributed by atoms with Crippen molar-refractivity contribution >= 4 is 16.8 Å². The summed E-state index contributed by atoms with van der Waals surface area (Å²) in [6, 6.07) is 0.524.